The van der Waals surface area contributed by atoms with Gasteiger partial charge in [0.05, 0.1) is 24.7 Å². The highest BCUT2D eigenvalue weighted by Gasteiger charge is 2.56. The van der Waals surface area contributed by atoms with Crippen LogP contribution in [0.15, 0.2) is 76.1 Å². The van der Waals surface area contributed by atoms with E-state index in [1.807, 2.05) is 0 Å². The summed E-state index contributed by atoms with van der Waals surface area (Å²) < 4.78 is 5.00. The van der Waals surface area contributed by atoms with Gasteiger partial charge in [-0.2, -0.15) is 5.06 Å². The van der Waals surface area contributed by atoms with Gasteiger partial charge in [-0.3, -0.25) is 30.0 Å². The first-order valence-corrected chi connectivity index (χ1v) is 13.5. The Morgan fingerprint density at radius 1 is 1.12 bits per heavy atom. The van der Waals surface area contributed by atoms with E-state index >= 15 is 0 Å². The molecule has 2 aromatic carbocycles. The van der Waals surface area contributed by atoms with Gasteiger partial charge >= 0.3 is 17.9 Å². The van der Waals surface area contributed by atoms with Gasteiger partial charge < -0.3 is 14.6 Å². The maximum absolute atomic E-state index is 13.7. The van der Waals surface area contributed by atoms with Crippen LogP contribution in [0.2, 0.25) is 10.0 Å². The van der Waals surface area contributed by atoms with Gasteiger partial charge in [0.25, 0.3) is 0 Å². The number of nitro groups is 1. The quantitative estimate of drug-likeness (QED) is 0.118. The molecule has 0 radical (unpaired) electrons. The van der Waals surface area contributed by atoms with E-state index in [4.69, 9.17) is 27.6 Å². The third-order valence-corrected chi connectivity index (χ3v) is 7.00. The molecule has 4 amide bonds. The van der Waals surface area contributed by atoms with E-state index in [0.29, 0.717) is 26.5 Å². The lowest BCUT2D eigenvalue weighted by atomic mass is 9.99. The Balaban J connectivity index is 1.50. The van der Waals surface area contributed by atoms with Crippen LogP contribution in [0, 0.1) is 10.1 Å². The largest absolute Gasteiger partial charge is 0.433 e. The Labute approximate surface area is 255 Å². The topological polar surface area (TPSA) is 162 Å². The first kappa shape index (κ1) is 31.2. The molecule has 3 aromatic rings. The number of hydroxylamine groups is 2. The summed E-state index contributed by atoms with van der Waals surface area (Å²) in [5.74, 6) is -0.595. The fourth-order valence-corrected chi connectivity index (χ4v) is 4.66. The molecule has 0 bridgehead atoms. The van der Waals surface area contributed by atoms with E-state index in [-0.39, 0.29) is 18.8 Å². The second-order valence-corrected chi connectivity index (χ2v) is 10.7. The van der Waals surface area contributed by atoms with Gasteiger partial charge in [0.2, 0.25) is 0 Å². The van der Waals surface area contributed by atoms with Gasteiger partial charge in [0.15, 0.2) is 11.9 Å². The minimum atomic E-state index is -1.27. The van der Waals surface area contributed by atoms with E-state index in [9.17, 15) is 29.7 Å². The summed E-state index contributed by atoms with van der Waals surface area (Å²) in [6.45, 7) is 2.58. The number of ketones is 1. The Hall–Kier alpha value is -4.72. The third-order valence-electron chi connectivity index (χ3n) is 6.50. The molecular weight excluding hydrogens is 603 g/mol. The highest BCUT2D eigenvalue weighted by molar-refractivity contribution is 6.31. The fourth-order valence-electron chi connectivity index (χ4n) is 4.40. The molecule has 0 saturated carbocycles. The van der Waals surface area contributed by atoms with Gasteiger partial charge in [0, 0.05) is 27.6 Å². The van der Waals surface area contributed by atoms with Crippen LogP contribution < -0.4 is 10.2 Å². The number of urea groups is 2. The molecule has 1 saturated heterocycles. The summed E-state index contributed by atoms with van der Waals surface area (Å²) in [5.41, 5.74) is -0.573. The summed E-state index contributed by atoms with van der Waals surface area (Å²) in [6.07, 6.45) is 2.95. The number of furan rings is 1. The molecule has 0 aliphatic carbocycles. The summed E-state index contributed by atoms with van der Waals surface area (Å²) in [7, 11) is 0. The Morgan fingerprint density at radius 2 is 1.74 bits per heavy atom. The highest BCUT2D eigenvalue weighted by Crippen LogP contribution is 2.38. The molecule has 1 aliphatic heterocycles. The highest BCUT2D eigenvalue weighted by atomic mass is 35.5. The predicted molar refractivity (Wildman–Crippen MR) is 161 cm³/mol. The van der Waals surface area contributed by atoms with Crippen LogP contribution in [-0.2, 0) is 4.79 Å². The molecule has 1 unspecified atom stereocenters. The maximum atomic E-state index is 13.7. The maximum Gasteiger partial charge on any atom is 0.433 e. The van der Waals surface area contributed by atoms with Crippen LogP contribution in [0.3, 0.4) is 0 Å². The second-order valence-electron chi connectivity index (χ2n) is 9.84. The number of anilines is 2. The summed E-state index contributed by atoms with van der Waals surface area (Å²) >= 11 is 11.9. The van der Waals surface area contributed by atoms with Gasteiger partial charge in [-0.15, -0.1) is 0 Å². The van der Waals surface area contributed by atoms with Crippen LogP contribution in [-0.4, -0.2) is 68.9 Å². The molecule has 224 valence electrons. The molecular formula is C28H26Cl2N6O7. The molecule has 2 N–H and O–H groups in total. The van der Waals surface area contributed by atoms with Crippen molar-refractivity contribution in [3.05, 3.63) is 92.7 Å². The number of nitrogens with one attached hydrogen (secondary N) is 1. The monoisotopic (exact) mass is 628 g/mol. The smallest absolute Gasteiger partial charge is 0.401 e. The minimum Gasteiger partial charge on any atom is -0.401 e. The van der Waals surface area contributed by atoms with Crippen molar-refractivity contribution in [2.45, 2.75) is 25.6 Å². The van der Waals surface area contributed by atoms with E-state index in [1.165, 1.54) is 40.3 Å². The van der Waals surface area contributed by atoms with Gasteiger partial charge in [-0.05, 0) is 80.6 Å². The van der Waals surface area contributed by atoms with Crippen LogP contribution in [0.4, 0.5) is 26.8 Å². The van der Waals surface area contributed by atoms with E-state index in [0.717, 1.165) is 0 Å². The number of amides is 4. The average Bonchev–Trinajstić information content (AvgIpc) is 3.51. The molecule has 13 nitrogen and oxygen atoms in total. The number of aliphatic imine (C=N–C) groups is 1. The Kier molecular flexibility index (Phi) is 9.49. The zero-order valence-electron chi connectivity index (χ0n) is 22.9. The lowest BCUT2D eigenvalue weighted by molar-refractivity contribution is -0.402. The molecule has 1 aromatic heterocycles. The van der Waals surface area contributed by atoms with Gasteiger partial charge in [-0.25, -0.2) is 9.59 Å². The normalized spacial score (nSPS) is 16.3. The Morgan fingerprint density at radius 3 is 2.35 bits per heavy atom. The number of carbonyl (C=O) groups excluding carboxylic acids is 3. The molecule has 4 rings (SSSR count). The number of halogens is 2. The van der Waals surface area contributed by atoms with E-state index in [2.05, 4.69) is 10.3 Å². The van der Waals surface area contributed by atoms with Crippen LogP contribution in [0.25, 0.3) is 6.08 Å². The number of nitrogens with zero attached hydrogens (tertiary/aromatic N) is 5. The number of allylic oxidation sites excluding steroid dienone is 1. The SMILES string of the molecule is CC1(C)C(N(O)C(=O)Nc2ccc(Cl)cc2)N(c2ccc(Cl)cc2)C(=O)N1CC(=O)CN=C/C=C/c1ccc([N+](=O)[O-])o1. The number of carbonyl (C=O) groups is 3. The Bertz CT molecular complexity index is 1570. The van der Waals surface area contributed by atoms with Crippen molar-refractivity contribution in [1.29, 1.82) is 0 Å². The predicted octanol–water partition coefficient (Wildman–Crippen LogP) is 6.12. The zero-order valence-corrected chi connectivity index (χ0v) is 24.4. The zero-order chi connectivity index (χ0) is 31.3. The van der Waals surface area contributed by atoms with Crippen molar-refractivity contribution in [2.75, 3.05) is 23.3 Å². The first-order chi connectivity index (χ1) is 20.4. The third kappa shape index (κ3) is 7.20. The molecule has 15 heteroatoms. The van der Waals surface area contributed by atoms with Crippen molar-refractivity contribution < 1.29 is 28.9 Å². The van der Waals surface area contributed by atoms with Crippen molar-refractivity contribution in [3.63, 3.8) is 0 Å². The molecule has 0 spiro atoms. The first-order valence-electron chi connectivity index (χ1n) is 12.7. The molecule has 1 aliphatic rings. The minimum absolute atomic E-state index is 0.232. The fraction of sp³-hybridized carbons (Fsp3) is 0.214. The molecule has 43 heavy (non-hydrogen) atoms. The van der Waals surface area contributed by atoms with Crippen molar-refractivity contribution in [1.82, 2.24) is 9.96 Å². The standard InChI is InChI=1S/C28H26Cl2N6O7/c1-28(2)25(35(40)26(38)32-20-9-5-18(29)6-10-20)34(21-11-7-19(30)8-12-21)27(39)33(28)17-22(37)16-31-15-3-4-23-13-14-24(43-23)36(41)42/h3-15,25,40H,16-17H2,1-2H3,(H,32,38)/b4-3+,31-15?. The summed E-state index contributed by atoms with van der Waals surface area (Å²) in [5, 5.41) is 25.7. The average molecular weight is 629 g/mol. The van der Waals surface area contributed by atoms with Crippen LogP contribution in [0.5, 0.6) is 0 Å². The molecule has 1 fully saturated rings. The summed E-state index contributed by atoms with van der Waals surface area (Å²) in [6, 6.07) is 13.5. The van der Waals surface area contributed by atoms with E-state index < -0.39 is 40.4 Å². The number of hydrogen-bond donors (Lipinski definition) is 2. The van der Waals surface area contributed by atoms with Gasteiger partial charge in [-0.1, -0.05) is 23.2 Å². The number of benzene rings is 2. The van der Waals surface area contributed by atoms with Crippen LogP contribution in [0.1, 0.15) is 19.6 Å². The van der Waals surface area contributed by atoms with Crippen LogP contribution >= 0.6 is 23.2 Å². The lowest BCUT2D eigenvalue weighted by Gasteiger charge is -2.38. The van der Waals surface area contributed by atoms with Crippen molar-refractivity contribution in [3.8, 4) is 0 Å². The second kappa shape index (κ2) is 13.1. The number of Topliss-reactive ketones (excluding diaryl/α,β-unsaturated/α-hetero) is 1. The summed E-state index contributed by atoms with van der Waals surface area (Å²) in [4.78, 5) is 56.3. The van der Waals surface area contributed by atoms with Gasteiger partial charge in [0.1, 0.15) is 10.7 Å². The molecule has 2 heterocycles. The van der Waals surface area contributed by atoms with Crippen molar-refractivity contribution >= 4 is 70.6 Å². The molecule has 1 atom stereocenters. The van der Waals surface area contributed by atoms with E-state index in [1.54, 1.807) is 62.4 Å². The lowest BCUT2D eigenvalue weighted by Crippen LogP contribution is -2.58. The number of rotatable bonds is 10. The number of hydrogen-bond acceptors (Lipinski definition) is 8. The van der Waals surface area contributed by atoms with Crippen molar-refractivity contribution in [2.24, 2.45) is 4.99 Å².